The highest BCUT2D eigenvalue weighted by Gasteiger charge is 2.38. The Hall–Kier alpha value is -3.09. The number of aromatic amines is 1. The first kappa shape index (κ1) is 18.5. The number of ether oxygens (including phenoxy) is 1. The summed E-state index contributed by atoms with van der Waals surface area (Å²) >= 11 is 0. The van der Waals surface area contributed by atoms with Gasteiger partial charge in [0.05, 0.1) is 36.0 Å². The summed E-state index contributed by atoms with van der Waals surface area (Å²) in [7, 11) is 0. The summed E-state index contributed by atoms with van der Waals surface area (Å²) in [5.41, 5.74) is 6.99. The number of carbonyl (C=O) groups excluding carboxylic acids is 1. The maximum absolute atomic E-state index is 13.1. The number of rotatable bonds is 3. The van der Waals surface area contributed by atoms with Gasteiger partial charge in [-0.25, -0.2) is 0 Å². The van der Waals surface area contributed by atoms with Gasteiger partial charge in [-0.1, -0.05) is 36.5 Å². The Morgan fingerprint density at radius 2 is 2.00 bits per heavy atom. The minimum atomic E-state index is 0.0627. The largest absolute Gasteiger partial charge is 0.379 e. The van der Waals surface area contributed by atoms with Crippen molar-refractivity contribution in [1.29, 1.82) is 0 Å². The molecule has 2 N–H and O–H groups in total. The lowest BCUT2D eigenvalue weighted by Gasteiger charge is -2.33. The van der Waals surface area contributed by atoms with Crippen molar-refractivity contribution in [3.05, 3.63) is 63.7 Å². The van der Waals surface area contributed by atoms with Gasteiger partial charge in [0.25, 0.3) is 5.91 Å². The summed E-state index contributed by atoms with van der Waals surface area (Å²) in [6.45, 7) is 6.10. The summed E-state index contributed by atoms with van der Waals surface area (Å²) in [6, 6.07) is 0.168. The van der Waals surface area contributed by atoms with E-state index in [1.54, 1.807) is 0 Å². The standard InChI is InChI=1S/C26H26N4O2/c31-26-23-18(15-27-26)21-16-5-1-3-7-19(16)28-24(21)25-22(23)17-6-2-4-8-20(17)30(25)10-9-29-11-13-32-14-12-29/h1-4,6-8,20,28H,5,9-15H2,(H,27,31). The zero-order chi connectivity index (χ0) is 21.2. The van der Waals surface area contributed by atoms with Crippen molar-refractivity contribution in [3.8, 4) is 0 Å². The third kappa shape index (κ3) is 2.51. The van der Waals surface area contributed by atoms with E-state index >= 15 is 0 Å². The monoisotopic (exact) mass is 426 g/mol. The topological polar surface area (TPSA) is 60.6 Å². The molecular weight excluding hydrogens is 400 g/mol. The van der Waals surface area contributed by atoms with E-state index in [2.05, 4.69) is 62.6 Å². The van der Waals surface area contributed by atoms with Gasteiger partial charge < -0.3 is 19.9 Å². The fraction of sp³-hybridized carbons (Fsp3) is 0.346. The van der Waals surface area contributed by atoms with Gasteiger partial charge in [-0.15, -0.1) is 0 Å². The molecule has 6 nitrogen and oxygen atoms in total. The number of nitrogens with one attached hydrogen (secondary N) is 2. The van der Waals surface area contributed by atoms with Crippen LogP contribution >= 0.6 is 0 Å². The lowest BCUT2D eigenvalue weighted by Crippen LogP contribution is -2.43. The maximum atomic E-state index is 13.1. The van der Waals surface area contributed by atoms with Crippen molar-refractivity contribution in [2.24, 2.45) is 0 Å². The number of nitrogens with zero attached hydrogens (tertiary/aromatic N) is 2. The second-order valence-corrected chi connectivity index (χ2v) is 9.12. The molecule has 32 heavy (non-hydrogen) atoms. The van der Waals surface area contributed by atoms with E-state index in [9.17, 15) is 4.79 Å². The first-order valence-corrected chi connectivity index (χ1v) is 11.6. The van der Waals surface area contributed by atoms with E-state index < -0.39 is 0 Å². The van der Waals surface area contributed by atoms with Gasteiger partial charge in [0.1, 0.15) is 0 Å². The van der Waals surface area contributed by atoms with E-state index in [1.165, 1.54) is 33.1 Å². The predicted molar refractivity (Wildman–Crippen MR) is 126 cm³/mol. The van der Waals surface area contributed by atoms with Gasteiger partial charge >= 0.3 is 0 Å². The molecule has 0 bridgehead atoms. The third-order valence-electron chi connectivity index (χ3n) is 7.51. The van der Waals surface area contributed by atoms with Crippen LogP contribution in [0.4, 0.5) is 5.69 Å². The highest BCUT2D eigenvalue weighted by atomic mass is 16.5. The molecule has 0 saturated carbocycles. The first-order chi connectivity index (χ1) is 15.8. The highest BCUT2D eigenvalue weighted by Crippen LogP contribution is 2.39. The molecular formula is C26H26N4O2. The van der Waals surface area contributed by atoms with Crippen molar-refractivity contribution in [2.75, 3.05) is 44.3 Å². The van der Waals surface area contributed by atoms with Crippen molar-refractivity contribution in [2.45, 2.75) is 19.0 Å². The highest BCUT2D eigenvalue weighted by molar-refractivity contribution is 6.12. The zero-order valence-corrected chi connectivity index (χ0v) is 18.0. The normalized spacial score (nSPS) is 23.2. The molecule has 6 heteroatoms. The van der Waals surface area contributed by atoms with Gasteiger partial charge in [0.15, 0.2) is 0 Å². The molecule has 162 valence electrons. The minimum Gasteiger partial charge on any atom is -0.379 e. The fourth-order valence-electron chi connectivity index (χ4n) is 6.04. The molecule has 1 saturated heterocycles. The first-order valence-electron chi connectivity index (χ1n) is 11.6. The van der Waals surface area contributed by atoms with E-state index in [4.69, 9.17) is 4.74 Å². The van der Waals surface area contributed by atoms with Crippen LogP contribution in [0.2, 0.25) is 0 Å². The number of benzene rings is 1. The molecule has 1 fully saturated rings. The number of aromatic nitrogens is 1. The molecule has 1 unspecified atom stereocenters. The molecule has 3 aliphatic heterocycles. The number of carbonyl (C=O) groups is 1. The fourth-order valence-corrected chi connectivity index (χ4v) is 6.04. The third-order valence-corrected chi connectivity index (χ3v) is 7.51. The molecule has 7 rings (SSSR count). The minimum absolute atomic E-state index is 0.0627. The Bertz CT molecular complexity index is 1370. The van der Waals surface area contributed by atoms with Gasteiger partial charge in [-0.05, 0) is 29.2 Å². The van der Waals surface area contributed by atoms with Crippen LogP contribution in [0, 0.1) is 0 Å². The van der Waals surface area contributed by atoms with Gasteiger partial charge in [-0.3, -0.25) is 9.69 Å². The number of hydrogen-bond donors (Lipinski definition) is 2. The van der Waals surface area contributed by atoms with E-state index in [0.29, 0.717) is 6.54 Å². The molecule has 5 aliphatic rings. The van der Waals surface area contributed by atoms with Gasteiger partial charge in [-0.2, -0.15) is 0 Å². The van der Waals surface area contributed by atoms with Gasteiger partial charge in [0, 0.05) is 48.7 Å². The molecule has 2 aliphatic carbocycles. The summed E-state index contributed by atoms with van der Waals surface area (Å²) in [4.78, 5) is 21.9. The molecule has 0 radical (unpaired) electrons. The van der Waals surface area contributed by atoms with Crippen LogP contribution in [-0.4, -0.2) is 61.2 Å². The summed E-state index contributed by atoms with van der Waals surface area (Å²) in [5, 5.41) is 6.67. The average molecular weight is 427 g/mol. The molecule has 1 atom stereocenters. The van der Waals surface area contributed by atoms with Crippen LogP contribution in [0.1, 0.15) is 21.5 Å². The Kier molecular flexibility index (Phi) is 4.02. The SMILES string of the molecule is O=C1NCc2c1c1c(c3[nH]c4c(c23)CC=CC=4)N(CCN2CCOCC2)C2C=CC=CC=12. The van der Waals surface area contributed by atoms with Gasteiger partial charge in [0.2, 0.25) is 0 Å². The zero-order valence-electron chi connectivity index (χ0n) is 18.0. The molecule has 1 aromatic heterocycles. The number of anilines is 1. The predicted octanol–water partition coefficient (Wildman–Crippen LogP) is 1.10. The second-order valence-electron chi connectivity index (χ2n) is 9.12. The second kappa shape index (κ2) is 6.95. The van der Waals surface area contributed by atoms with Crippen LogP contribution in [0.3, 0.4) is 0 Å². The smallest absolute Gasteiger partial charge is 0.252 e. The summed E-state index contributed by atoms with van der Waals surface area (Å²) in [6.07, 6.45) is 16.1. The lowest BCUT2D eigenvalue weighted by molar-refractivity contribution is 0.0391. The molecule has 0 spiro atoms. The van der Waals surface area contributed by atoms with E-state index in [1.807, 2.05) is 0 Å². The van der Waals surface area contributed by atoms with Crippen molar-refractivity contribution >= 4 is 34.1 Å². The van der Waals surface area contributed by atoms with Crippen LogP contribution in [0.15, 0.2) is 36.5 Å². The van der Waals surface area contributed by atoms with Crippen LogP contribution in [0.5, 0.6) is 0 Å². The Labute approximate surface area is 186 Å². The number of hydrogen-bond acceptors (Lipinski definition) is 4. The quantitative estimate of drug-likeness (QED) is 0.772. The number of morpholine rings is 1. The molecule has 1 aromatic carbocycles. The average Bonchev–Trinajstić information content (AvgIpc) is 3.50. The van der Waals surface area contributed by atoms with E-state index in [-0.39, 0.29) is 11.9 Å². The Morgan fingerprint density at radius 3 is 2.91 bits per heavy atom. The number of amides is 1. The van der Waals surface area contributed by atoms with Crippen LogP contribution < -0.4 is 20.8 Å². The summed E-state index contributed by atoms with van der Waals surface area (Å²) < 4.78 is 5.54. The van der Waals surface area contributed by atoms with Crippen molar-refractivity contribution in [3.63, 3.8) is 0 Å². The number of allylic oxidation sites excluding steroid dienone is 4. The number of H-pyrrole nitrogens is 1. The molecule has 1 amide bonds. The van der Waals surface area contributed by atoms with Crippen molar-refractivity contribution in [1.82, 2.24) is 15.2 Å². The Morgan fingerprint density at radius 1 is 1.09 bits per heavy atom. The molecule has 2 aromatic rings. The Balaban J connectivity index is 1.47. The summed E-state index contributed by atoms with van der Waals surface area (Å²) in [5.74, 6) is 0.0627. The molecule has 4 heterocycles. The lowest BCUT2D eigenvalue weighted by atomic mass is 9.94. The maximum Gasteiger partial charge on any atom is 0.252 e. The van der Waals surface area contributed by atoms with Crippen LogP contribution in [-0.2, 0) is 17.7 Å². The number of fused-ring (bicyclic) bond motifs is 9. The van der Waals surface area contributed by atoms with Crippen molar-refractivity contribution < 1.29 is 9.53 Å². The van der Waals surface area contributed by atoms with Crippen LogP contribution in [0.25, 0.3) is 22.6 Å². The van der Waals surface area contributed by atoms with E-state index in [0.717, 1.165) is 62.2 Å².